The van der Waals surface area contributed by atoms with Crippen molar-refractivity contribution >= 4 is 11.0 Å². The molecule has 1 heterocycles. The van der Waals surface area contributed by atoms with Gasteiger partial charge in [0.05, 0.1) is 29.5 Å². The van der Waals surface area contributed by atoms with Gasteiger partial charge in [-0.25, -0.2) is 18.7 Å². The second-order valence-electron chi connectivity index (χ2n) is 5.79. The molecule has 0 radical (unpaired) electrons. The Morgan fingerprint density at radius 1 is 0.654 bits per heavy atom. The molecule has 0 amide bonds. The summed E-state index contributed by atoms with van der Waals surface area (Å²) >= 11 is 0. The quantitative estimate of drug-likeness (QED) is 0.507. The van der Waals surface area contributed by atoms with Crippen molar-refractivity contribution in [2.75, 3.05) is 7.11 Å². The molecule has 5 heteroatoms. The number of aromatic nitrogens is 2. The fraction of sp³-hybridized carbons (Fsp3) is 0.0476. The standard InChI is InChI=1S/C21H14F2N2O/c1-26-17-10-11-18-19(12-17)25-21(14-4-8-16(23)9-5-14)20(24-18)13-2-6-15(22)7-3-13/h2-12H,1H3. The van der Waals surface area contributed by atoms with Crippen LogP contribution in [0.25, 0.3) is 33.5 Å². The predicted molar refractivity (Wildman–Crippen MR) is 96.9 cm³/mol. The summed E-state index contributed by atoms with van der Waals surface area (Å²) in [6, 6.07) is 17.5. The highest BCUT2D eigenvalue weighted by molar-refractivity contribution is 5.86. The number of benzene rings is 3. The van der Waals surface area contributed by atoms with Gasteiger partial charge in [-0.15, -0.1) is 0 Å². The second kappa shape index (κ2) is 6.52. The fourth-order valence-corrected chi connectivity index (χ4v) is 2.78. The van der Waals surface area contributed by atoms with Crippen molar-refractivity contribution in [2.24, 2.45) is 0 Å². The van der Waals surface area contributed by atoms with Crippen LogP contribution >= 0.6 is 0 Å². The van der Waals surface area contributed by atoms with Crippen LogP contribution in [0.1, 0.15) is 0 Å². The maximum Gasteiger partial charge on any atom is 0.123 e. The van der Waals surface area contributed by atoms with Gasteiger partial charge in [-0.05, 0) is 60.7 Å². The molecule has 0 aliphatic rings. The Labute approximate surface area is 148 Å². The summed E-state index contributed by atoms with van der Waals surface area (Å²) in [6.07, 6.45) is 0. The van der Waals surface area contributed by atoms with Gasteiger partial charge in [0.25, 0.3) is 0 Å². The Morgan fingerprint density at radius 2 is 1.15 bits per heavy atom. The number of fused-ring (bicyclic) bond motifs is 1. The van der Waals surface area contributed by atoms with Gasteiger partial charge in [0.1, 0.15) is 17.4 Å². The van der Waals surface area contributed by atoms with Crippen molar-refractivity contribution in [2.45, 2.75) is 0 Å². The number of nitrogens with zero attached hydrogens (tertiary/aromatic N) is 2. The van der Waals surface area contributed by atoms with Crippen LogP contribution in [-0.4, -0.2) is 17.1 Å². The molecule has 4 rings (SSSR count). The number of hydrogen-bond acceptors (Lipinski definition) is 3. The van der Waals surface area contributed by atoms with E-state index in [0.717, 1.165) is 11.1 Å². The minimum absolute atomic E-state index is 0.324. The highest BCUT2D eigenvalue weighted by Gasteiger charge is 2.14. The molecule has 4 aromatic rings. The van der Waals surface area contributed by atoms with Crippen molar-refractivity contribution in [3.8, 4) is 28.3 Å². The monoisotopic (exact) mass is 348 g/mol. The predicted octanol–water partition coefficient (Wildman–Crippen LogP) is 5.25. The first kappa shape index (κ1) is 16.1. The van der Waals surface area contributed by atoms with Crippen LogP contribution in [0.5, 0.6) is 5.75 Å². The van der Waals surface area contributed by atoms with E-state index < -0.39 is 0 Å². The highest BCUT2D eigenvalue weighted by atomic mass is 19.1. The average molecular weight is 348 g/mol. The van der Waals surface area contributed by atoms with Crippen LogP contribution < -0.4 is 4.74 Å². The van der Waals surface area contributed by atoms with Gasteiger partial charge in [0, 0.05) is 17.2 Å². The van der Waals surface area contributed by atoms with Crippen LogP contribution in [0.15, 0.2) is 66.7 Å². The normalized spacial score (nSPS) is 10.9. The van der Waals surface area contributed by atoms with Gasteiger partial charge >= 0.3 is 0 Å². The van der Waals surface area contributed by atoms with Gasteiger partial charge < -0.3 is 4.74 Å². The van der Waals surface area contributed by atoms with Crippen molar-refractivity contribution < 1.29 is 13.5 Å². The van der Waals surface area contributed by atoms with Crippen molar-refractivity contribution in [1.82, 2.24) is 9.97 Å². The molecule has 0 saturated heterocycles. The molecule has 3 nitrogen and oxygen atoms in total. The largest absolute Gasteiger partial charge is 0.497 e. The average Bonchev–Trinajstić information content (AvgIpc) is 2.68. The van der Waals surface area contributed by atoms with Gasteiger partial charge in [0.2, 0.25) is 0 Å². The lowest BCUT2D eigenvalue weighted by Gasteiger charge is -2.11. The van der Waals surface area contributed by atoms with E-state index in [1.807, 2.05) is 12.1 Å². The van der Waals surface area contributed by atoms with E-state index in [4.69, 9.17) is 14.7 Å². The Kier molecular flexibility index (Phi) is 4.05. The number of methoxy groups -OCH3 is 1. The van der Waals surface area contributed by atoms with E-state index in [9.17, 15) is 8.78 Å². The van der Waals surface area contributed by atoms with Crippen LogP contribution in [-0.2, 0) is 0 Å². The zero-order chi connectivity index (χ0) is 18.1. The Morgan fingerprint density at radius 3 is 1.65 bits per heavy atom. The molecule has 0 aliphatic heterocycles. The first-order valence-electron chi connectivity index (χ1n) is 8.02. The van der Waals surface area contributed by atoms with Crippen molar-refractivity contribution in [1.29, 1.82) is 0 Å². The molecule has 1 aromatic heterocycles. The smallest absolute Gasteiger partial charge is 0.123 e. The summed E-state index contributed by atoms with van der Waals surface area (Å²) in [5.74, 6) is 0.0226. The lowest BCUT2D eigenvalue weighted by molar-refractivity contribution is 0.415. The third-order valence-corrected chi connectivity index (χ3v) is 4.11. The molecule has 3 aromatic carbocycles. The van der Waals surface area contributed by atoms with Crippen LogP contribution in [0.2, 0.25) is 0 Å². The molecule has 0 fully saturated rings. The molecule has 0 unspecified atom stereocenters. The Hall–Kier alpha value is -3.34. The van der Waals surface area contributed by atoms with Crippen LogP contribution in [0.3, 0.4) is 0 Å². The first-order valence-corrected chi connectivity index (χ1v) is 8.02. The summed E-state index contributed by atoms with van der Waals surface area (Å²) in [7, 11) is 1.59. The zero-order valence-electron chi connectivity index (χ0n) is 13.9. The van der Waals surface area contributed by atoms with Gasteiger partial charge in [-0.2, -0.15) is 0 Å². The van der Waals surface area contributed by atoms with E-state index in [2.05, 4.69) is 0 Å². The third-order valence-electron chi connectivity index (χ3n) is 4.11. The summed E-state index contributed by atoms with van der Waals surface area (Å²) in [5.41, 5.74) is 4.01. The summed E-state index contributed by atoms with van der Waals surface area (Å²) < 4.78 is 31.9. The minimum atomic E-state index is -0.326. The second-order valence-corrected chi connectivity index (χ2v) is 5.79. The van der Waals surface area contributed by atoms with E-state index in [1.54, 1.807) is 37.4 Å². The van der Waals surface area contributed by atoms with E-state index in [-0.39, 0.29) is 11.6 Å². The van der Waals surface area contributed by atoms with E-state index in [1.165, 1.54) is 24.3 Å². The first-order chi connectivity index (χ1) is 12.6. The van der Waals surface area contributed by atoms with Crippen molar-refractivity contribution in [3.05, 3.63) is 78.4 Å². The van der Waals surface area contributed by atoms with Crippen molar-refractivity contribution in [3.63, 3.8) is 0 Å². The minimum Gasteiger partial charge on any atom is -0.497 e. The number of hydrogen-bond donors (Lipinski definition) is 0. The lowest BCUT2D eigenvalue weighted by atomic mass is 10.0. The SMILES string of the molecule is COc1ccc2nc(-c3ccc(F)cc3)c(-c3ccc(F)cc3)nc2c1. The summed E-state index contributed by atoms with van der Waals surface area (Å²) in [6.45, 7) is 0. The summed E-state index contributed by atoms with van der Waals surface area (Å²) in [5, 5.41) is 0. The number of halogens is 2. The highest BCUT2D eigenvalue weighted by Crippen LogP contribution is 2.32. The molecule has 0 saturated carbocycles. The van der Waals surface area contributed by atoms with Gasteiger partial charge in [0.15, 0.2) is 0 Å². The molecule has 0 spiro atoms. The molecule has 0 atom stereocenters. The summed E-state index contributed by atoms with van der Waals surface area (Å²) in [4.78, 5) is 9.44. The molecular weight excluding hydrogens is 334 g/mol. The fourth-order valence-electron chi connectivity index (χ4n) is 2.78. The number of ether oxygens (including phenoxy) is 1. The number of rotatable bonds is 3. The maximum atomic E-state index is 13.3. The zero-order valence-corrected chi connectivity index (χ0v) is 13.9. The van der Waals surface area contributed by atoms with Crippen LogP contribution in [0, 0.1) is 11.6 Å². The van der Waals surface area contributed by atoms with Gasteiger partial charge in [-0.3, -0.25) is 0 Å². The molecule has 0 N–H and O–H groups in total. The molecule has 26 heavy (non-hydrogen) atoms. The lowest BCUT2D eigenvalue weighted by Crippen LogP contribution is -1.96. The molecule has 0 bridgehead atoms. The van der Waals surface area contributed by atoms with Crippen LogP contribution in [0.4, 0.5) is 8.78 Å². The van der Waals surface area contributed by atoms with E-state index in [0.29, 0.717) is 28.2 Å². The Bertz CT molecular complexity index is 1080. The molecular formula is C21H14F2N2O. The third kappa shape index (κ3) is 2.99. The topological polar surface area (TPSA) is 35.0 Å². The van der Waals surface area contributed by atoms with E-state index >= 15 is 0 Å². The molecule has 0 aliphatic carbocycles. The Balaban J connectivity index is 1.99. The van der Waals surface area contributed by atoms with Gasteiger partial charge in [-0.1, -0.05) is 0 Å². The molecule has 128 valence electrons. The maximum absolute atomic E-state index is 13.3.